The molecule has 7 heteroatoms. The fraction of sp³-hybridized carbons (Fsp3) is 0.0909. The van der Waals surface area contributed by atoms with Crippen LogP contribution in [0.25, 0.3) is 0 Å². The average Bonchev–Trinajstić information content (AvgIpc) is 2.32. The van der Waals surface area contributed by atoms with Gasteiger partial charge < -0.3 is 0 Å². The molecule has 0 fully saturated rings. The van der Waals surface area contributed by atoms with Crippen molar-refractivity contribution in [1.82, 2.24) is 9.97 Å². The lowest BCUT2D eigenvalue weighted by molar-refractivity contribution is 0.602. The van der Waals surface area contributed by atoms with Crippen LogP contribution in [0.3, 0.4) is 0 Å². The molecule has 2 rings (SSSR count). The van der Waals surface area contributed by atoms with Gasteiger partial charge in [-0.25, -0.2) is 18.4 Å². The predicted octanol–water partition coefficient (Wildman–Crippen LogP) is 2.79. The highest BCUT2D eigenvalue weighted by Crippen LogP contribution is 2.25. The lowest BCUT2D eigenvalue weighted by Gasteiger charge is -2.01. The van der Waals surface area contributed by atoms with Crippen molar-refractivity contribution in [2.45, 2.75) is 14.9 Å². The summed E-state index contributed by atoms with van der Waals surface area (Å²) < 4.78 is 23.4. The monoisotopic (exact) mass is 344 g/mol. The Morgan fingerprint density at radius 1 is 1.11 bits per heavy atom. The molecule has 0 bridgehead atoms. The van der Waals surface area contributed by atoms with Crippen molar-refractivity contribution in [3.63, 3.8) is 0 Å². The van der Waals surface area contributed by atoms with Crippen molar-refractivity contribution in [1.29, 1.82) is 0 Å². The van der Waals surface area contributed by atoms with Gasteiger partial charge in [-0.2, -0.15) is 0 Å². The smallest absolute Gasteiger partial charge is 0.192 e. The van der Waals surface area contributed by atoms with Crippen LogP contribution in [0.2, 0.25) is 0 Å². The Hall–Kier alpha value is -0.920. The summed E-state index contributed by atoms with van der Waals surface area (Å²) in [6, 6.07) is 6.64. The topological polar surface area (TPSA) is 59.9 Å². The van der Waals surface area contributed by atoms with Gasteiger partial charge in [-0.05, 0) is 52.0 Å². The first-order valence-corrected chi connectivity index (χ1v) is 8.41. The van der Waals surface area contributed by atoms with E-state index in [2.05, 4.69) is 25.9 Å². The van der Waals surface area contributed by atoms with Gasteiger partial charge in [-0.15, -0.1) is 0 Å². The molecule has 0 unspecified atom stereocenters. The molecule has 1 heterocycles. The summed E-state index contributed by atoms with van der Waals surface area (Å²) in [7, 11) is -3.14. The minimum absolute atomic E-state index is 0.309. The standard InChI is InChI=1S/C11H9BrN2O2S2/c1-18(15,16)10-4-2-9(3-5-10)17-11-13-6-8(12)7-14-11/h2-7H,1H3. The van der Waals surface area contributed by atoms with E-state index >= 15 is 0 Å². The normalized spacial score (nSPS) is 11.4. The van der Waals surface area contributed by atoms with E-state index in [1.165, 1.54) is 18.0 Å². The molecule has 1 aromatic heterocycles. The molecule has 0 aliphatic carbocycles. The molecule has 0 spiro atoms. The van der Waals surface area contributed by atoms with Crippen LogP contribution in [0.5, 0.6) is 0 Å². The Morgan fingerprint density at radius 3 is 2.17 bits per heavy atom. The molecule has 18 heavy (non-hydrogen) atoms. The molecule has 94 valence electrons. The Labute approximate surface area is 118 Å². The van der Waals surface area contributed by atoms with Gasteiger partial charge in [-0.3, -0.25) is 0 Å². The van der Waals surface area contributed by atoms with Crippen molar-refractivity contribution >= 4 is 37.5 Å². The third-order valence-corrected chi connectivity index (χ3v) is 4.50. The van der Waals surface area contributed by atoms with Crippen LogP contribution in [0.4, 0.5) is 0 Å². The van der Waals surface area contributed by atoms with E-state index in [1.54, 1.807) is 36.7 Å². The number of aromatic nitrogens is 2. The second-order valence-corrected chi connectivity index (χ2v) is 7.50. The van der Waals surface area contributed by atoms with Gasteiger partial charge in [-0.1, -0.05) is 0 Å². The number of sulfone groups is 1. The van der Waals surface area contributed by atoms with Gasteiger partial charge in [0.25, 0.3) is 0 Å². The molecule has 0 atom stereocenters. The lowest BCUT2D eigenvalue weighted by atomic mass is 10.4. The molecule has 1 aromatic carbocycles. The third-order valence-electron chi connectivity index (χ3n) is 2.06. The van der Waals surface area contributed by atoms with Gasteiger partial charge in [0.05, 0.1) is 9.37 Å². The van der Waals surface area contributed by atoms with Gasteiger partial charge >= 0.3 is 0 Å². The van der Waals surface area contributed by atoms with Gasteiger partial charge in [0.2, 0.25) is 0 Å². The molecule has 0 aliphatic rings. The van der Waals surface area contributed by atoms with E-state index in [0.29, 0.717) is 10.1 Å². The van der Waals surface area contributed by atoms with Crippen LogP contribution in [0.1, 0.15) is 0 Å². The number of nitrogens with zero attached hydrogens (tertiary/aromatic N) is 2. The SMILES string of the molecule is CS(=O)(=O)c1ccc(Sc2ncc(Br)cn2)cc1. The Morgan fingerprint density at radius 2 is 1.67 bits per heavy atom. The summed E-state index contributed by atoms with van der Waals surface area (Å²) >= 11 is 4.64. The molecule has 0 amide bonds. The molecular formula is C11H9BrN2O2S2. The fourth-order valence-electron chi connectivity index (χ4n) is 1.21. The van der Waals surface area contributed by atoms with Crippen molar-refractivity contribution in [3.8, 4) is 0 Å². The summed E-state index contributed by atoms with van der Waals surface area (Å²) in [5.41, 5.74) is 0. The van der Waals surface area contributed by atoms with Crippen molar-refractivity contribution in [2.24, 2.45) is 0 Å². The number of benzene rings is 1. The van der Waals surface area contributed by atoms with E-state index in [4.69, 9.17) is 0 Å². The highest BCUT2D eigenvalue weighted by atomic mass is 79.9. The quantitative estimate of drug-likeness (QED) is 0.801. The van der Waals surface area contributed by atoms with E-state index in [0.717, 1.165) is 9.37 Å². The molecular weight excluding hydrogens is 336 g/mol. The van der Waals surface area contributed by atoms with Crippen LogP contribution in [0.15, 0.2) is 56.1 Å². The maximum Gasteiger partial charge on any atom is 0.192 e. The molecule has 2 aromatic rings. The number of hydrogen-bond donors (Lipinski definition) is 0. The molecule has 0 aliphatic heterocycles. The number of halogens is 1. The first kappa shape index (κ1) is 13.5. The van der Waals surface area contributed by atoms with Crippen LogP contribution >= 0.6 is 27.7 Å². The Balaban J connectivity index is 2.18. The predicted molar refractivity (Wildman–Crippen MR) is 73.4 cm³/mol. The van der Waals surface area contributed by atoms with Crippen LogP contribution in [-0.2, 0) is 9.84 Å². The average molecular weight is 345 g/mol. The first-order valence-electron chi connectivity index (χ1n) is 4.91. The zero-order chi connectivity index (χ0) is 13.2. The van der Waals surface area contributed by atoms with E-state index in [9.17, 15) is 8.42 Å². The molecule has 0 N–H and O–H groups in total. The van der Waals surface area contributed by atoms with E-state index < -0.39 is 9.84 Å². The zero-order valence-corrected chi connectivity index (χ0v) is 12.6. The summed E-state index contributed by atoms with van der Waals surface area (Å²) in [5.74, 6) is 0. The van der Waals surface area contributed by atoms with E-state index in [-0.39, 0.29) is 0 Å². The number of hydrogen-bond acceptors (Lipinski definition) is 5. The van der Waals surface area contributed by atoms with Gasteiger partial charge in [0, 0.05) is 23.5 Å². The van der Waals surface area contributed by atoms with Crippen molar-refractivity contribution < 1.29 is 8.42 Å². The van der Waals surface area contributed by atoms with E-state index in [1.807, 2.05) is 0 Å². The van der Waals surface area contributed by atoms with Crippen molar-refractivity contribution in [3.05, 3.63) is 41.1 Å². The molecule has 4 nitrogen and oxygen atoms in total. The second-order valence-electron chi connectivity index (χ2n) is 3.53. The lowest BCUT2D eigenvalue weighted by Crippen LogP contribution is -1.96. The van der Waals surface area contributed by atoms with Crippen LogP contribution in [-0.4, -0.2) is 24.6 Å². The molecule has 0 radical (unpaired) electrons. The van der Waals surface area contributed by atoms with Gasteiger partial charge in [0.1, 0.15) is 0 Å². The third kappa shape index (κ3) is 3.54. The maximum atomic E-state index is 11.3. The minimum Gasteiger partial charge on any atom is -0.230 e. The molecule has 0 saturated carbocycles. The van der Waals surface area contributed by atoms with Crippen molar-refractivity contribution in [2.75, 3.05) is 6.26 Å². The Bertz CT molecular complexity index is 640. The zero-order valence-electron chi connectivity index (χ0n) is 9.37. The van der Waals surface area contributed by atoms with Crippen LogP contribution < -0.4 is 0 Å². The van der Waals surface area contributed by atoms with Crippen LogP contribution in [0, 0.1) is 0 Å². The Kier molecular flexibility index (Phi) is 4.04. The maximum absolute atomic E-state index is 11.3. The number of rotatable bonds is 3. The summed E-state index contributed by atoms with van der Waals surface area (Å²) in [5, 5.41) is 0.616. The highest BCUT2D eigenvalue weighted by Gasteiger charge is 2.07. The summed E-state index contributed by atoms with van der Waals surface area (Å²) in [4.78, 5) is 9.47. The largest absolute Gasteiger partial charge is 0.230 e. The highest BCUT2D eigenvalue weighted by molar-refractivity contribution is 9.10. The summed E-state index contributed by atoms with van der Waals surface area (Å²) in [6.07, 6.45) is 4.52. The second kappa shape index (κ2) is 5.38. The fourth-order valence-corrected chi connectivity index (χ4v) is 2.74. The van der Waals surface area contributed by atoms with Gasteiger partial charge in [0.15, 0.2) is 15.0 Å². The molecule has 0 saturated heterocycles. The first-order chi connectivity index (χ1) is 8.45. The summed E-state index contributed by atoms with van der Waals surface area (Å²) in [6.45, 7) is 0. The minimum atomic E-state index is -3.14.